The molecule has 1 aromatic heterocycles. The van der Waals surface area contributed by atoms with Gasteiger partial charge in [-0.25, -0.2) is 0 Å². The van der Waals surface area contributed by atoms with Crippen molar-refractivity contribution in [2.24, 2.45) is 5.92 Å². The molecule has 0 aliphatic heterocycles. The largest absolute Gasteiger partial charge is 0.391 e. The molecule has 1 aromatic rings. The van der Waals surface area contributed by atoms with E-state index in [4.69, 9.17) is 0 Å². The van der Waals surface area contributed by atoms with E-state index < -0.39 is 0 Å². The molecule has 1 aliphatic rings. The van der Waals surface area contributed by atoms with Gasteiger partial charge in [-0.05, 0) is 37.7 Å². The van der Waals surface area contributed by atoms with Gasteiger partial charge >= 0.3 is 0 Å². The fourth-order valence-electron chi connectivity index (χ4n) is 1.94. The molecule has 0 amide bonds. The topological polar surface area (TPSA) is 38.0 Å². The minimum absolute atomic E-state index is 0.195. The van der Waals surface area contributed by atoms with Crippen molar-refractivity contribution in [1.29, 1.82) is 0 Å². The number of aliphatic hydroxyl groups is 1. The summed E-state index contributed by atoms with van der Waals surface area (Å²) in [4.78, 5) is 0. The van der Waals surface area contributed by atoms with Crippen molar-refractivity contribution in [2.75, 3.05) is 0 Å². The van der Waals surface area contributed by atoms with Crippen LogP contribution in [0.15, 0.2) is 6.07 Å². The van der Waals surface area contributed by atoms with Gasteiger partial charge in [0.1, 0.15) is 0 Å². The number of aryl methyl sites for hydroxylation is 2. The lowest BCUT2D eigenvalue weighted by Gasteiger charge is -2.11. The van der Waals surface area contributed by atoms with Crippen molar-refractivity contribution in [3.63, 3.8) is 0 Å². The summed E-state index contributed by atoms with van der Waals surface area (Å²) < 4.78 is 1.99. The first-order chi connectivity index (χ1) is 7.24. The summed E-state index contributed by atoms with van der Waals surface area (Å²) in [6.45, 7) is 4.92. The Balaban J connectivity index is 2.07. The molecular formula is C12H20N2O. The molecule has 15 heavy (non-hydrogen) atoms. The monoisotopic (exact) mass is 208 g/mol. The second kappa shape index (κ2) is 4.35. The van der Waals surface area contributed by atoms with Crippen molar-refractivity contribution in [1.82, 2.24) is 9.78 Å². The highest BCUT2D eigenvalue weighted by Crippen LogP contribution is 2.33. The Hall–Kier alpha value is -0.830. The maximum absolute atomic E-state index is 9.88. The Kier molecular flexibility index (Phi) is 3.10. The van der Waals surface area contributed by atoms with Crippen LogP contribution in [0, 0.1) is 5.92 Å². The van der Waals surface area contributed by atoms with Crippen LogP contribution < -0.4 is 0 Å². The van der Waals surface area contributed by atoms with Crippen LogP contribution in [-0.2, 0) is 19.4 Å². The van der Waals surface area contributed by atoms with E-state index >= 15 is 0 Å². The lowest BCUT2D eigenvalue weighted by molar-refractivity contribution is 0.126. The van der Waals surface area contributed by atoms with E-state index in [0.717, 1.165) is 18.5 Å². The van der Waals surface area contributed by atoms with Crippen molar-refractivity contribution >= 4 is 0 Å². The summed E-state index contributed by atoms with van der Waals surface area (Å²) in [6.07, 6.45) is 4.14. The third kappa shape index (κ3) is 2.40. The normalized spacial score (nSPS) is 18.1. The lowest BCUT2D eigenvalue weighted by Crippen LogP contribution is -2.20. The highest BCUT2D eigenvalue weighted by molar-refractivity contribution is 5.10. The van der Waals surface area contributed by atoms with E-state index in [1.165, 1.54) is 18.5 Å². The summed E-state index contributed by atoms with van der Waals surface area (Å²) in [5, 5.41) is 14.4. The molecule has 0 aromatic carbocycles. The van der Waals surface area contributed by atoms with Crippen LogP contribution in [0.3, 0.4) is 0 Å². The highest BCUT2D eigenvalue weighted by atomic mass is 16.3. The molecule has 0 bridgehead atoms. The van der Waals surface area contributed by atoms with Gasteiger partial charge in [-0.15, -0.1) is 0 Å². The van der Waals surface area contributed by atoms with Crippen LogP contribution in [0.2, 0.25) is 0 Å². The van der Waals surface area contributed by atoms with Crippen molar-refractivity contribution in [2.45, 2.75) is 52.2 Å². The van der Waals surface area contributed by atoms with Crippen molar-refractivity contribution < 1.29 is 5.11 Å². The zero-order chi connectivity index (χ0) is 10.8. The number of nitrogens with zero attached hydrogens (tertiary/aromatic N) is 2. The van der Waals surface area contributed by atoms with Crippen LogP contribution in [0.5, 0.6) is 0 Å². The number of rotatable bonds is 5. The minimum Gasteiger partial charge on any atom is -0.391 e. The molecule has 1 saturated carbocycles. The molecule has 3 heteroatoms. The molecule has 0 spiro atoms. The van der Waals surface area contributed by atoms with Crippen molar-refractivity contribution in [3.8, 4) is 0 Å². The van der Waals surface area contributed by atoms with Crippen LogP contribution in [0.1, 0.15) is 38.1 Å². The average Bonchev–Trinajstić information content (AvgIpc) is 3.01. The van der Waals surface area contributed by atoms with E-state index in [1.54, 1.807) is 0 Å². The molecule has 1 heterocycles. The maximum atomic E-state index is 9.88. The Morgan fingerprint density at radius 2 is 2.20 bits per heavy atom. The zero-order valence-corrected chi connectivity index (χ0v) is 9.61. The first-order valence-corrected chi connectivity index (χ1v) is 5.98. The first kappa shape index (κ1) is 10.7. The Morgan fingerprint density at radius 1 is 1.47 bits per heavy atom. The zero-order valence-electron chi connectivity index (χ0n) is 9.61. The molecule has 1 aliphatic carbocycles. The van der Waals surface area contributed by atoms with Gasteiger partial charge in [-0.1, -0.05) is 13.8 Å². The number of hydrogen-bond donors (Lipinski definition) is 1. The average molecular weight is 208 g/mol. The van der Waals surface area contributed by atoms with E-state index in [0.29, 0.717) is 12.5 Å². The molecule has 0 saturated heterocycles. The molecule has 1 fully saturated rings. The van der Waals surface area contributed by atoms with Gasteiger partial charge in [0, 0.05) is 5.69 Å². The fraction of sp³-hybridized carbons (Fsp3) is 0.750. The van der Waals surface area contributed by atoms with Gasteiger partial charge in [0.2, 0.25) is 0 Å². The minimum atomic E-state index is -0.195. The van der Waals surface area contributed by atoms with Crippen LogP contribution >= 0.6 is 0 Å². The molecule has 0 radical (unpaired) electrons. The van der Waals surface area contributed by atoms with Gasteiger partial charge in [-0.3, -0.25) is 4.68 Å². The summed E-state index contributed by atoms with van der Waals surface area (Å²) in [6, 6.07) is 2.15. The smallest absolute Gasteiger partial charge is 0.0764 e. The number of aliphatic hydroxyl groups excluding tert-OH is 1. The van der Waals surface area contributed by atoms with Crippen LogP contribution in [-0.4, -0.2) is 21.0 Å². The second-order valence-electron chi connectivity index (χ2n) is 4.42. The first-order valence-electron chi connectivity index (χ1n) is 5.98. The molecule has 3 nitrogen and oxygen atoms in total. The molecule has 1 atom stereocenters. The van der Waals surface area contributed by atoms with E-state index in [9.17, 15) is 5.11 Å². The predicted molar refractivity (Wildman–Crippen MR) is 59.7 cm³/mol. The molecule has 2 rings (SSSR count). The van der Waals surface area contributed by atoms with Crippen LogP contribution in [0.25, 0.3) is 0 Å². The van der Waals surface area contributed by atoms with Gasteiger partial charge in [-0.2, -0.15) is 5.10 Å². The summed E-state index contributed by atoms with van der Waals surface area (Å²) in [7, 11) is 0. The maximum Gasteiger partial charge on any atom is 0.0764 e. The lowest BCUT2D eigenvalue weighted by atomic mass is 10.2. The third-order valence-electron chi connectivity index (χ3n) is 3.16. The van der Waals surface area contributed by atoms with E-state index in [1.807, 2.05) is 4.68 Å². The quantitative estimate of drug-likeness (QED) is 0.801. The van der Waals surface area contributed by atoms with Gasteiger partial charge in [0.25, 0.3) is 0 Å². The summed E-state index contributed by atoms with van der Waals surface area (Å²) in [5.41, 5.74) is 2.38. The highest BCUT2D eigenvalue weighted by Gasteiger charge is 2.30. The van der Waals surface area contributed by atoms with Crippen LogP contribution in [0.4, 0.5) is 0 Å². The molecular weight excluding hydrogens is 188 g/mol. The van der Waals surface area contributed by atoms with Crippen molar-refractivity contribution in [3.05, 3.63) is 17.5 Å². The number of hydrogen-bond acceptors (Lipinski definition) is 2. The van der Waals surface area contributed by atoms with E-state index in [2.05, 4.69) is 25.0 Å². The third-order valence-corrected chi connectivity index (χ3v) is 3.16. The fourth-order valence-corrected chi connectivity index (χ4v) is 1.94. The number of aromatic nitrogens is 2. The second-order valence-corrected chi connectivity index (χ2v) is 4.42. The SMILES string of the molecule is CCc1cc(CC)n(CC(O)C2CC2)n1. The summed E-state index contributed by atoms with van der Waals surface area (Å²) in [5.74, 6) is 0.531. The molecule has 84 valence electrons. The van der Waals surface area contributed by atoms with Gasteiger partial charge in [0.05, 0.1) is 18.3 Å². The van der Waals surface area contributed by atoms with Gasteiger partial charge in [0.15, 0.2) is 0 Å². The Morgan fingerprint density at radius 3 is 2.73 bits per heavy atom. The Bertz CT molecular complexity index is 328. The standard InChI is InChI=1S/C12H20N2O/c1-3-10-7-11(4-2)14(13-10)8-12(15)9-5-6-9/h7,9,12,15H,3-6,8H2,1-2H3. The predicted octanol–water partition coefficient (Wildman–Crippen LogP) is 1.78. The summed E-state index contributed by atoms with van der Waals surface area (Å²) >= 11 is 0. The van der Waals surface area contributed by atoms with Gasteiger partial charge < -0.3 is 5.11 Å². The van der Waals surface area contributed by atoms with E-state index in [-0.39, 0.29) is 6.10 Å². The molecule has 1 N–H and O–H groups in total. The Labute approximate surface area is 91.1 Å². The molecule has 1 unspecified atom stereocenters.